The number of hydrogen-bond acceptors (Lipinski definition) is 4. The Hall–Kier alpha value is -1.56. The van der Waals surface area contributed by atoms with E-state index in [1.54, 1.807) is 0 Å². The van der Waals surface area contributed by atoms with Crippen molar-refractivity contribution in [2.75, 3.05) is 51.2 Å². The lowest BCUT2D eigenvalue weighted by Crippen LogP contribution is -2.47. The van der Waals surface area contributed by atoms with Crippen molar-refractivity contribution < 1.29 is 0 Å². The van der Waals surface area contributed by atoms with E-state index in [1.165, 1.54) is 23.4 Å². The second kappa shape index (κ2) is 8.70. The van der Waals surface area contributed by atoms with Gasteiger partial charge in [0.05, 0.1) is 6.20 Å². The smallest absolute Gasteiger partial charge is 0.0535 e. The van der Waals surface area contributed by atoms with Gasteiger partial charge in [-0.3, -0.25) is 10.00 Å². The predicted octanol–water partition coefficient (Wildman–Crippen LogP) is 3.02. The largest absolute Gasteiger partial charge is 0.369 e. The molecule has 1 aliphatic heterocycles. The molecule has 3 rings (SSSR count). The number of H-pyrrole nitrogens is 1. The van der Waals surface area contributed by atoms with Crippen molar-refractivity contribution in [1.29, 1.82) is 0 Å². The second-order valence-electron chi connectivity index (χ2n) is 6.92. The molecule has 136 valence electrons. The first-order valence-corrected chi connectivity index (χ1v) is 9.40. The number of aromatic nitrogens is 2. The van der Waals surface area contributed by atoms with Crippen molar-refractivity contribution in [3.05, 3.63) is 46.7 Å². The second-order valence-corrected chi connectivity index (χ2v) is 7.36. The molecule has 0 spiro atoms. The fourth-order valence-electron chi connectivity index (χ4n) is 3.37. The molecule has 1 aromatic carbocycles. The minimum absolute atomic E-state index is 0.816. The van der Waals surface area contributed by atoms with Gasteiger partial charge < -0.3 is 9.80 Å². The number of piperazine rings is 1. The summed E-state index contributed by atoms with van der Waals surface area (Å²) < 4.78 is 0. The number of nitrogens with one attached hydrogen (secondary N) is 1. The summed E-state index contributed by atoms with van der Waals surface area (Å²) in [6, 6.07) is 8.17. The highest BCUT2D eigenvalue weighted by molar-refractivity contribution is 6.30. The molecule has 1 fully saturated rings. The van der Waals surface area contributed by atoms with Crippen molar-refractivity contribution in [3.63, 3.8) is 0 Å². The van der Waals surface area contributed by atoms with Gasteiger partial charge in [0.25, 0.3) is 0 Å². The summed E-state index contributed by atoms with van der Waals surface area (Å²) in [6.45, 7) is 9.71. The van der Waals surface area contributed by atoms with Crippen LogP contribution in [0.4, 0.5) is 5.69 Å². The molecule has 5 nitrogen and oxygen atoms in total. The average molecular weight is 362 g/mol. The molecule has 2 aromatic rings. The summed E-state index contributed by atoms with van der Waals surface area (Å²) in [6.07, 6.45) is 3.13. The van der Waals surface area contributed by atoms with Crippen LogP contribution >= 0.6 is 11.6 Å². The van der Waals surface area contributed by atoms with Gasteiger partial charge in [0.15, 0.2) is 0 Å². The highest BCUT2D eigenvalue weighted by Gasteiger charge is 2.17. The molecule has 0 radical (unpaired) electrons. The Bertz CT molecular complexity index is 663. The first-order valence-electron chi connectivity index (χ1n) is 9.02. The van der Waals surface area contributed by atoms with Gasteiger partial charge in [-0.05, 0) is 51.7 Å². The zero-order valence-electron chi connectivity index (χ0n) is 15.2. The molecule has 0 unspecified atom stereocenters. The lowest BCUT2D eigenvalue weighted by atomic mass is 10.2. The van der Waals surface area contributed by atoms with Crippen LogP contribution in [0.15, 0.2) is 30.5 Å². The molecule has 2 heterocycles. The van der Waals surface area contributed by atoms with Crippen molar-refractivity contribution in [3.8, 4) is 0 Å². The maximum Gasteiger partial charge on any atom is 0.0535 e. The van der Waals surface area contributed by atoms with Crippen molar-refractivity contribution in [2.24, 2.45) is 0 Å². The summed E-state index contributed by atoms with van der Waals surface area (Å²) in [7, 11) is 2.18. The van der Waals surface area contributed by atoms with Crippen LogP contribution in [0.5, 0.6) is 0 Å². The van der Waals surface area contributed by atoms with Gasteiger partial charge in [-0.25, -0.2) is 0 Å². The third-order valence-electron chi connectivity index (χ3n) is 4.93. The first kappa shape index (κ1) is 18.2. The average Bonchev–Trinajstić information content (AvgIpc) is 3.00. The van der Waals surface area contributed by atoms with Crippen LogP contribution in [0, 0.1) is 6.92 Å². The van der Waals surface area contributed by atoms with E-state index in [2.05, 4.69) is 51.0 Å². The number of benzene rings is 1. The number of nitrogens with zero attached hydrogens (tertiary/aromatic N) is 4. The van der Waals surface area contributed by atoms with E-state index in [1.807, 2.05) is 18.3 Å². The minimum Gasteiger partial charge on any atom is -0.369 e. The number of halogens is 1. The molecule has 1 aliphatic rings. The zero-order chi connectivity index (χ0) is 17.6. The number of anilines is 1. The fraction of sp³-hybridized carbons (Fsp3) is 0.526. The lowest BCUT2D eigenvalue weighted by Gasteiger charge is -2.36. The van der Waals surface area contributed by atoms with Crippen LogP contribution in [0.1, 0.15) is 17.7 Å². The van der Waals surface area contributed by atoms with Gasteiger partial charge in [0, 0.05) is 54.7 Å². The van der Waals surface area contributed by atoms with E-state index in [0.717, 1.165) is 50.8 Å². The van der Waals surface area contributed by atoms with E-state index in [4.69, 9.17) is 11.6 Å². The Labute approximate surface area is 155 Å². The molecule has 0 aliphatic carbocycles. The number of aryl methyl sites for hydroxylation is 1. The Morgan fingerprint density at radius 3 is 2.72 bits per heavy atom. The van der Waals surface area contributed by atoms with E-state index in [0.29, 0.717) is 0 Å². The Morgan fingerprint density at radius 1 is 1.24 bits per heavy atom. The Balaban J connectivity index is 1.36. The van der Waals surface area contributed by atoms with Gasteiger partial charge >= 0.3 is 0 Å². The van der Waals surface area contributed by atoms with E-state index in [-0.39, 0.29) is 0 Å². The SMILES string of the molecule is Cc1[nH]ncc1CN(C)CCCN1CCN(c2cccc(Cl)c2)CC1. The third-order valence-corrected chi connectivity index (χ3v) is 5.17. The first-order chi connectivity index (χ1) is 12.1. The van der Waals surface area contributed by atoms with Crippen LogP contribution in [-0.2, 0) is 6.54 Å². The Morgan fingerprint density at radius 2 is 2.04 bits per heavy atom. The van der Waals surface area contributed by atoms with Gasteiger partial charge in [0.2, 0.25) is 0 Å². The van der Waals surface area contributed by atoms with E-state index in [9.17, 15) is 0 Å². The van der Waals surface area contributed by atoms with E-state index >= 15 is 0 Å². The highest BCUT2D eigenvalue weighted by atomic mass is 35.5. The molecule has 0 atom stereocenters. The molecule has 0 saturated carbocycles. The van der Waals surface area contributed by atoms with Gasteiger partial charge in [-0.15, -0.1) is 0 Å². The highest BCUT2D eigenvalue weighted by Crippen LogP contribution is 2.20. The molecule has 0 bridgehead atoms. The van der Waals surface area contributed by atoms with Crippen LogP contribution in [0.3, 0.4) is 0 Å². The van der Waals surface area contributed by atoms with Crippen LogP contribution in [0.25, 0.3) is 0 Å². The standard InChI is InChI=1S/C19H28ClN5/c1-16-17(14-21-22-16)15-23(2)7-4-8-24-9-11-25(12-10-24)19-6-3-5-18(20)13-19/h3,5-6,13-14H,4,7-12,15H2,1-2H3,(H,21,22). The topological polar surface area (TPSA) is 38.4 Å². The molecule has 25 heavy (non-hydrogen) atoms. The van der Waals surface area contributed by atoms with Crippen LogP contribution in [0.2, 0.25) is 5.02 Å². The predicted molar refractivity (Wildman–Crippen MR) is 104 cm³/mol. The summed E-state index contributed by atoms with van der Waals surface area (Å²) >= 11 is 6.10. The summed E-state index contributed by atoms with van der Waals surface area (Å²) in [5.74, 6) is 0. The molecular formula is C19H28ClN5. The molecule has 6 heteroatoms. The fourth-order valence-corrected chi connectivity index (χ4v) is 3.56. The summed E-state index contributed by atoms with van der Waals surface area (Å²) in [4.78, 5) is 7.37. The number of rotatable bonds is 7. The molecule has 1 aromatic heterocycles. The quantitative estimate of drug-likeness (QED) is 0.822. The monoisotopic (exact) mass is 361 g/mol. The van der Waals surface area contributed by atoms with Crippen LogP contribution < -0.4 is 4.90 Å². The van der Waals surface area contributed by atoms with Gasteiger partial charge in [-0.1, -0.05) is 17.7 Å². The third kappa shape index (κ3) is 5.21. The van der Waals surface area contributed by atoms with Crippen LogP contribution in [-0.4, -0.2) is 66.3 Å². The van der Waals surface area contributed by atoms with Crippen molar-refractivity contribution >= 4 is 17.3 Å². The van der Waals surface area contributed by atoms with E-state index < -0.39 is 0 Å². The molecule has 1 N–H and O–H groups in total. The summed E-state index contributed by atoms with van der Waals surface area (Å²) in [5, 5.41) is 7.91. The maximum absolute atomic E-state index is 6.10. The maximum atomic E-state index is 6.10. The normalized spacial score (nSPS) is 15.9. The lowest BCUT2D eigenvalue weighted by molar-refractivity contribution is 0.232. The zero-order valence-corrected chi connectivity index (χ0v) is 16.0. The minimum atomic E-state index is 0.816. The molecule has 1 saturated heterocycles. The van der Waals surface area contributed by atoms with Gasteiger partial charge in [0.1, 0.15) is 0 Å². The Kier molecular flexibility index (Phi) is 6.34. The number of aromatic amines is 1. The van der Waals surface area contributed by atoms with Crippen molar-refractivity contribution in [2.45, 2.75) is 19.9 Å². The van der Waals surface area contributed by atoms with Crippen molar-refractivity contribution in [1.82, 2.24) is 20.0 Å². The molecular weight excluding hydrogens is 334 g/mol. The summed E-state index contributed by atoms with van der Waals surface area (Å²) in [5.41, 5.74) is 3.70. The molecule has 0 amide bonds. The van der Waals surface area contributed by atoms with Gasteiger partial charge in [-0.2, -0.15) is 5.10 Å². The number of hydrogen-bond donors (Lipinski definition) is 1.